The van der Waals surface area contributed by atoms with E-state index in [1.165, 1.54) is 0 Å². The Hall–Kier alpha value is -1.88. The molecular weight excluding hydrogens is 280 g/mol. The molecule has 120 valence electrons. The number of hydrogen-bond donors (Lipinski definition) is 0. The Morgan fingerprint density at radius 1 is 0.591 bits per heavy atom. The van der Waals surface area contributed by atoms with Crippen molar-refractivity contribution in [1.29, 1.82) is 0 Å². The lowest BCUT2D eigenvalue weighted by Crippen LogP contribution is -2.06. The summed E-state index contributed by atoms with van der Waals surface area (Å²) in [5.41, 5.74) is 0. The molecule has 0 amide bonds. The molecule has 0 fully saturated rings. The summed E-state index contributed by atoms with van der Waals surface area (Å²) in [6.07, 6.45) is 0. The second-order valence-corrected chi connectivity index (χ2v) is 4.33. The summed E-state index contributed by atoms with van der Waals surface area (Å²) in [5.74, 6) is 1.74. The molecule has 4 nitrogen and oxygen atoms in total. The molecule has 0 radical (unpaired) electrons. The monoisotopic (exact) mass is 304 g/mol. The van der Waals surface area contributed by atoms with E-state index in [2.05, 4.69) is 0 Å². The molecule has 0 N–H and O–H groups in total. The SMILES string of the molecule is COCCOCCOC.c1ccc(Oc2ccccc2)cc1. The number of rotatable bonds is 8. The fourth-order valence-electron chi connectivity index (χ4n) is 1.50. The topological polar surface area (TPSA) is 36.9 Å². The number of benzene rings is 2. The minimum Gasteiger partial charge on any atom is -0.457 e. The van der Waals surface area contributed by atoms with Crippen LogP contribution in [-0.4, -0.2) is 40.6 Å². The Kier molecular flexibility index (Phi) is 10.6. The van der Waals surface area contributed by atoms with Crippen molar-refractivity contribution in [2.75, 3.05) is 40.6 Å². The van der Waals surface area contributed by atoms with Gasteiger partial charge in [-0.05, 0) is 24.3 Å². The maximum Gasteiger partial charge on any atom is 0.127 e. The fraction of sp³-hybridized carbons (Fsp3) is 0.333. The van der Waals surface area contributed by atoms with Crippen molar-refractivity contribution in [3.8, 4) is 11.5 Å². The van der Waals surface area contributed by atoms with Crippen molar-refractivity contribution < 1.29 is 18.9 Å². The summed E-state index contributed by atoms with van der Waals surface area (Å²) in [6.45, 7) is 2.62. The van der Waals surface area contributed by atoms with Crippen LogP contribution in [0.1, 0.15) is 0 Å². The molecule has 2 rings (SSSR count). The van der Waals surface area contributed by atoms with E-state index in [1.807, 2.05) is 60.7 Å². The molecule has 0 spiro atoms. The highest BCUT2D eigenvalue weighted by Crippen LogP contribution is 2.19. The van der Waals surface area contributed by atoms with Gasteiger partial charge in [-0.1, -0.05) is 36.4 Å². The van der Waals surface area contributed by atoms with Gasteiger partial charge in [-0.15, -0.1) is 0 Å². The highest BCUT2D eigenvalue weighted by atomic mass is 16.5. The van der Waals surface area contributed by atoms with Gasteiger partial charge in [0.25, 0.3) is 0 Å². The highest BCUT2D eigenvalue weighted by molar-refractivity contribution is 5.30. The van der Waals surface area contributed by atoms with Crippen molar-refractivity contribution >= 4 is 0 Å². The van der Waals surface area contributed by atoms with Gasteiger partial charge in [0.15, 0.2) is 0 Å². The van der Waals surface area contributed by atoms with Gasteiger partial charge in [0.1, 0.15) is 11.5 Å². The Bertz CT molecular complexity index is 416. The maximum atomic E-state index is 5.58. The molecule has 0 saturated heterocycles. The minimum atomic E-state index is 0.653. The van der Waals surface area contributed by atoms with Gasteiger partial charge >= 0.3 is 0 Å². The molecular formula is C18H24O4. The molecule has 4 heteroatoms. The van der Waals surface area contributed by atoms with Crippen molar-refractivity contribution in [3.63, 3.8) is 0 Å². The first-order valence-corrected chi connectivity index (χ1v) is 7.20. The van der Waals surface area contributed by atoms with Crippen molar-refractivity contribution in [2.24, 2.45) is 0 Å². The first-order valence-electron chi connectivity index (χ1n) is 7.20. The van der Waals surface area contributed by atoms with Gasteiger partial charge in [0.2, 0.25) is 0 Å². The summed E-state index contributed by atoms with van der Waals surface area (Å²) in [5, 5.41) is 0. The van der Waals surface area contributed by atoms with Gasteiger partial charge in [-0.3, -0.25) is 0 Å². The van der Waals surface area contributed by atoms with Crippen LogP contribution in [0.3, 0.4) is 0 Å². The average Bonchev–Trinajstić information content (AvgIpc) is 2.57. The Morgan fingerprint density at radius 3 is 1.36 bits per heavy atom. The molecule has 2 aromatic carbocycles. The van der Waals surface area contributed by atoms with Crippen LogP contribution in [0, 0.1) is 0 Å². The lowest BCUT2D eigenvalue weighted by Gasteiger charge is -2.03. The molecule has 22 heavy (non-hydrogen) atoms. The van der Waals surface area contributed by atoms with Gasteiger partial charge < -0.3 is 18.9 Å². The largest absolute Gasteiger partial charge is 0.457 e. The molecule has 0 heterocycles. The minimum absolute atomic E-state index is 0.653. The third-order valence-electron chi connectivity index (χ3n) is 2.59. The van der Waals surface area contributed by atoms with Gasteiger partial charge in [0.05, 0.1) is 26.4 Å². The van der Waals surface area contributed by atoms with E-state index < -0.39 is 0 Å². The van der Waals surface area contributed by atoms with Gasteiger partial charge in [0, 0.05) is 14.2 Å². The normalized spacial score (nSPS) is 9.73. The number of hydrogen-bond acceptors (Lipinski definition) is 4. The summed E-state index contributed by atoms with van der Waals surface area (Å²) in [4.78, 5) is 0. The smallest absolute Gasteiger partial charge is 0.127 e. The molecule has 2 aromatic rings. The molecule has 0 bridgehead atoms. The first-order chi connectivity index (χ1) is 10.9. The van der Waals surface area contributed by atoms with E-state index in [1.54, 1.807) is 14.2 Å². The zero-order chi connectivity index (χ0) is 15.9. The molecule has 0 aliphatic heterocycles. The number of ether oxygens (including phenoxy) is 4. The molecule has 0 aromatic heterocycles. The van der Waals surface area contributed by atoms with Crippen LogP contribution < -0.4 is 4.74 Å². The van der Waals surface area contributed by atoms with Crippen LogP contribution in [-0.2, 0) is 14.2 Å². The summed E-state index contributed by atoms with van der Waals surface area (Å²) < 4.78 is 20.2. The standard InChI is InChI=1S/C12H10O.C6H14O3/c1-3-7-11(8-4-1)13-12-9-5-2-6-10-12;1-7-3-5-9-6-4-8-2/h1-10H;3-6H2,1-2H3. The van der Waals surface area contributed by atoms with E-state index in [4.69, 9.17) is 18.9 Å². The summed E-state index contributed by atoms with van der Waals surface area (Å²) >= 11 is 0. The zero-order valence-electron chi connectivity index (χ0n) is 13.2. The quantitative estimate of drug-likeness (QED) is 0.696. The van der Waals surface area contributed by atoms with Gasteiger partial charge in [-0.25, -0.2) is 0 Å². The lowest BCUT2D eigenvalue weighted by atomic mass is 10.3. The second-order valence-electron chi connectivity index (χ2n) is 4.33. The summed E-state index contributed by atoms with van der Waals surface area (Å²) in [6, 6.07) is 19.5. The second kappa shape index (κ2) is 12.8. The van der Waals surface area contributed by atoms with Crippen LogP contribution in [0.4, 0.5) is 0 Å². The molecule has 0 saturated carbocycles. The maximum absolute atomic E-state index is 5.58. The third kappa shape index (κ3) is 9.13. The molecule has 0 aliphatic carbocycles. The lowest BCUT2D eigenvalue weighted by molar-refractivity contribution is 0.0385. The Labute approximate surface area is 132 Å². The van der Waals surface area contributed by atoms with Crippen molar-refractivity contribution in [2.45, 2.75) is 0 Å². The van der Waals surface area contributed by atoms with Crippen LogP contribution in [0.15, 0.2) is 60.7 Å². The van der Waals surface area contributed by atoms with Crippen LogP contribution >= 0.6 is 0 Å². The Balaban J connectivity index is 0.000000239. The predicted octanol–water partition coefficient (Wildman–Crippen LogP) is 3.77. The average molecular weight is 304 g/mol. The zero-order valence-corrected chi connectivity index (χ0v) is 13.2. The molecule has 0 unspecified atom stereocenters. The Morgan fingerprint density at radius 2 is 1.00 bits per heavy atom. The van der Waals surface area contributed by atoms with E-state index in [9.17, 15) is 0 Å². The third-order valence-corrected chi connectivity index (χ3v) is 2.59. The van der Waals surface area contributed by atoms with E-state index >= 15 is 0 Å². The van der Waals surface area contributed by atoms with Crippen LogP contribution in [0.5, 0.6) is 11.5 Å². The number of methoxy groups -OCH3 is 2. The molecule has 0 aliphatic rings. The van der Waals surface area contributed by atoms with E-state index in [0.717, 1.165) is 11.5 Å². The van der Waals surface area contributed by atoms with Crippen LogP contribution in [0.25, 0.3) is 0 Å². The number of para-hydroxylation sites is 2. The predicted molar refractivity (Wildman–Crippen MR) is 87.5 cm³/mol. The van der Waals surface area contributed by atoms with Crippen molar-refractivity contribution in [1.82, 2.24) is 0 Å². The first kappa shape index (κ1) is 18.2. The van der Waals surface area contributed by atoms with Crippen molar-refractivity contribution in [3.05, 3.63) is 60.7 Å². The van der Waals surface area contributed by atoms with Crippen LogP contribution in [0.2, 0.25) is 0 Å². The summed E-state index contributed by atoms with van der Waals surface area (Å²) in [7, 11) is 3.30. The highest BCUT2D eigenvalue weighted by Gasteiger charge is 1.92. The van der Waals surface area contributed by atoms with Gasteiger partial charge in [-0.2, -0.15) is 0 Å². The fourth-order valence-corrected chi connectivity index (χ4v) is 1.50. The van der Waals surface area contributed by atoms with E-state index in [-0.39, 0.29) is 0 Å². The van der Waals surface area contributed by atoms with E-state index in [0.29, 0.717) is 26.4 Å². The molecule has 0 atom stereocenters.